The molecule has 1 rings (SSSR count). The van der Waals surface area contributed by atoms with Crippen molar-refractivity contribution in [3.63, 3.8) is 0 Å². The van der Waals surface area contributed by atoms with E-state index in [2.05, 4.69) is 4.74 Å². The molecule has 0 saturated carbocycles. The number of hydrogen-bond acceptors (Lipinski definition) is 1. The Morgan fingerprint density at radius 3 is 2.50 bits per heavy atom. The molecule has 0 aliphatic carbocycles. The third kappa shape index (κ3) is 1.04. The normalized spacial score (nSPS) is 19.5. The van der Waals surface area contributed by atoms with Gasteiger partial charge >= 0.3 is 0 Å². The zero-order chi connectivity index (χ0) is 5.98. The van der Waals surface area contributed by atoms with Crippen molar-refractivity contribution in [2.24, 2.45) is 0 Å². The van der Waals surface area contributed by atoms with Crippen molar-refractivity contribution >= 4 is 0 Å². The van der Waals surface area contributed by atoms with Crippen LogP contribution in [0.25, 0.3) is 0 Å². The standard InChI is InChI=1S/C5H6F2O/c6-5(7)4-1-2-8-3-4/h1-3H2. The van der Waals surface area contributed by atoms with Gasteiger partial charge in [0.15, 0.2) is 0 Å². The first-order chi connectivity index (χ1) is 3.80. The molecule has 1 aliphatic rings. The molecular weight excluding hydrogens is 114 g/mol. The van der Waals surface area contributed by atoms with E-state index in [9.17, 15) is 8.78 Å². The minimum atomic E-state index is -1.57. The molecule has 0 radical (unpaired) electrons. The van der Waals surface area contributed by atoms with Crippen LogP contribution in [0.15, 0.2) is 11.7 Å². The zero-order valence-corrected chi connectivity index (χ0v) is 4.29. The second kappa shape index (κ2) is 2.22. The maximum atomic E-state index is 11.5. The molecule has 3 heteroatoms. The van der Waals surface area contributed by atoms with Crippen LogP contribution in [-0.4, -0.2) is 13.2 Å². The van der Waals surface area contributed by atoms with E-state index in [1.807, 2.05) is 0 Å². The lowest BCUT2D eigenvalue weighted by molar-refractivity contribution is 0.203. The van der Waals surface area contributed by atoms with Crippen molar-refractivity contribution in [3.05, 3.63) is 11.7 Å². The van der Waals surface area contributed by atoms with E-state index < -0.39 is 6.08 Å². The summed E-state index contributed by atoms with van der Waals surface area (Å²) in [6, 6.07) is 0. The van der Waals surface area contributed by atoms with Gasteiger partial charge in [-0.2, -0.15) is 8.78 Å². The molecule has 1 fully saturated rings. The van der Waals surface area contributed by atoms with Crippen molar-refractivity contribution in [3.8, 4) is 0 Å². The smallest absolute Gasteiger partial charge is 0.271 e. The van der Waals surface area contributed by atoms with E-state index in [1.165, 1.54) is 0 Å². The van der Waals surface area contributed by atoms with Gasteiger partial charge in [-0.1, -0.05) is 0 Å². The molecule has 1 aliphatic heterocycles. The molecule has 46 valence electrons. The van der Waals surface area contributed by atoms with Gasteiger partial charge in [-0.25, -0.2) is 0 Å². The third-order valence-corrected chi connectivity index (χ3v) is 1.09. The van der Waals surface area contributed by atoms with Crippen molar-refractivity contribution in [2.45, 2.75) is 6.42 Å². The highest BCUT2D eigenvalue weighted by atomic mass is 19.3. The first kappa shape index (κ1) is 5.69. The fraction of sp³-hybridized carbons (Fsp3) is 0.600. The van der Waals surface area contributed by atoms with Gasteiger partial charge in [-0.3, -0.25) is 0 Å². The topological polar surface area (TPSA) is 9.23 Å². The summed E-state index contributed by atoms with van der Waals surface area (Å²) in [6.45, 7) is 0.578. The molecule has 0 bridgehead atoms. The van der Waals surface area contributed by atoms with Crippen LogP contribution < -0.4 is 0 Å². The van der Waals surface area contributed by atoms with Crippen LogP contribution in [0, 0.1) is 0 Å². The fourth-order valence-corrected chi connectivity index (χ4v) is 0.612. The largest absolute Gasteiger partial charge is 0.377 e. The summed E-state index contributed by atoms with van der Waals surface area (Å²) >= 11 is 0. The minimum absolute atomic E-state index is 0.127. The Bertz CT molecular complexity index is 108. The highest BCUT2D eigenvalue weighted by molar-refractivity contribution is 5.05. The molecule has 0 N–H and O–H groups in total. The summed E-state index contributed by atoms with van der Waals surface area (Å²) in [7, 11) is 0. The fourth-order valence-electron chi connectivity index (χ4n) is 0.612. The van der Waals surface area contributed by atoms with Crippen LogP contribution in [0.5, 0.6) is 0 Å². The lowest BCUT2D eigenvalue weighted by atomic mass is 10.3. The van der Waals surface area contributed by atoms with Crippen LogP contribution in [0.1, 0.15) is 6.42 Å². The predicted molar refractivity (Wildman–Crippen MR) is 24.7 cm³/mol. The predicted octanol–water partition coefficient (Wildman–Crippen LogP) is 1.56. The Balaban J connectivity index is 2.58. The van der Waals surface area contributed by atoms with Crippen molar-refractivity contribution in [1.29, 1.82) is 0 Å². The quantitative estimate of drug-likeness (QED) is 0.471. The Hall–Kier alpha value is -0.440. The van der Waals surface area contributed by atoms with E-state index in [0.717, 1.165) is 0 Å². The monoisotopic (exact) mass is 120 g/mol. The van der Waals surface area contributed by atoms with E-state index in [4.69, 9.17) is 0 Å². The number of ether oxygens (including phenoxy) is 1. The van der Waals surface area contributed by atoms with Crippen LogP contribution in [0.3, 0.4) is 0 Å². The van der Waals surface area contributed by atoms with E-state index in [-0.39, 0.29) is 12.2 Å². The maximum absolute atomic E-state index is 11.5. The SMILES string of the molecule is FC(F)=C1CCOC1. The van der Waals surface area contributed by atoms with Crippen LogP contribution in [0.4, 0.5) is 8.78 Å². The van der Waals surface area contributed by atoms with Crippen molar-refractivity contribution < 1.29 is 13.5 Å². The maximum Gasteiger partial charge on any atom is 0.271 e. The van der Waals surface area contributed by atoms with Gasteiger partial charge in [0.1, 0.15) is 0 Å². The van der Waals surface area contributed by atoms with E-state index >= 15 is 0 Å². The lowest BCUT2D eigenvalue weighted by Gasteiger charge is -1.85. The van der Waals surface area contributed by atoms with Gasteiger partial charge in [-0.15, -0.1) is 0 Å². The zero-order valence-electron chi connectivity index (χ0n) is 4.29. The van der Waals surface area contributed by atoms with Gasteiger partial charge in [0.05, 0.1) is 13.2 Å². The summed E-state index contributed by atoms with van der Waals surface area (Å²) in [4.78, 5) is 0. The van der Waals surface area contributed by atoms with Gasteiger partial charge in [0.25, 0.3) is 6.08 Å². The molecule has 8 heavy (non-hydrogen) atoms. The van der Waals surface area contributed by atoms with Crippen LogP contribution in [-0.2, 0) is 4.74 Å². The molecule has 1 saturated heterocycles. The number of rotatable bonds is 0. The summed E-state index contributed by atoms with van der Waals surface area (Å²) in [5, 5.41) is 0. The molecule has 0 unspecified atom stereocenters. The van der Waals surface area contributed by atoms with Crippen LogP contribution >= 0.6 is 0 Å². The summed E-state index contributed by atoms with van der Waals surface area (Å²) < 4.78 is 27.8. The first-order valence-electron chi connectivity index (χ1n) is 2.41. The molecule has 0 atom stereocenters. The molecule has 0 aromatic carbocycles. The molecule has 0 aromatic rings. The number of hydrogen-bond donors (Lipinski definition) is 0. The summed E-state index contributed by atoms with van der Waals surface area (Å²) in [6.07, 6.45) is -1.16. The lowest BCUT2D eigenvalue weighted by Crippen LogP contribution is -1.81. The van der Waals surface area contributed by atoms with E-state index in [0.29, 0.717) is 13.0 Å². The average Bonchev–Trinajstić information content (AvgIpc) is 2.12. The van der Waals surface area contributed by atoms with Gasteiger partial charge in [-0.05, 0) is 6.42 Å². The van der Waals surface area contributed by atoms with Gasteiger partial charge in [0, 0.05) is 5.57 Å². The summed E-state index contributed by atoms with van der Waals surface area (Å²) in [5.74, 6) is 0. The average molecular weight is 120 g/mol. The highest BCUT2D eigenvalue weighted by Crippen LogP contribution is 2.17. The molecule has 0 amide bonds. The first-order valence-corrected chi connectivity index (χ1v) is 2.41. The van der Waals surface area contributed by atoms with Crippen LogP contribution in [0.2, 0.25) is 0 Å². The molecule has 0 spiro atoms. The molecule has 1 heterocycles. The third-order valence-electron chi connectivity index (χ3n) is 1.09. The molecular formula is C5H6F2O. The molecule has 1 nitrogen and oxygen atoms in total. The van der Waals surface area contributed by atoms with Crippen molar-refractivity contribution in [2.75, 3.05) is 13.2 Å². The Kier molecular flexibility index (Phi) is 1.58. The minimum Gasteiger partial charge on any atom is -0.377 e. The molecule has 0 aromatic heterocycles. The number of halogens is 2. The Morgan fingerprint density at radius 1 is 1.50 bits per heavy atom. The van der Waals surface area contributed by atoms with E-state index in [1.54, 1.807) is 0 Å². The summed E-state index contributed by atoms with van der Waals surface area (Å²) in [5.41, 5.74) is 0.157. The highest BCUT2D eigenvalue weighted by Gasteiger charge is 2.11. The van der Waals surface area contributed by atoms with Crippen molar-refractivity contribution in [1.82, 2.24) is 0 Å². The van der Waals surface area contributed by atoms with Gasteiger partial charge < -0.3 is 4.74 Å². The Morgan fingerprint density at radius 2 is 2.25 bits per heavy atom. The second-order valence-electron chi connectivity index (χ2n) is 1.67. The Labute approximate surface area is 45.9 Å². The van der Waals surface area contributed by atoms with Gasteiger partial charge in [0.2, 0.25) is 0 Å². The second-order valence-corrected chi connectivity index (χ2v) is 1.67.